The molecule has 3 heteroatoms. The van der Waals surface area contributed by atoms with Crippen molar-refractivity contribution in [3.63, 3.8) is 0 Å². The smallest absolute Gasteiger partial charge is 0.0661 e. The molecule has 1 aromatic rings. The van der Waals surface area contributed by atoms with Crippen molar-refractivity contribution < 1.29 is 5.11 Å². The second-order valence-electron chi connectivity index (χ2n) is 5.09. The van der Waals surface area contributed by atoms with E-state index < -0.39 is 0 Å². The van der Waals surface area contributed by atoms with Gasteiger partial charge in [-0.15, -0.1) is 0 Å². The zero-order valence-corrected chi connectivity index (χ0v) is 11.0. The molecule has 2 nitrogen and oxygen atoms in total. The zero-order chi connectivity index (χ0) is 12.3. The van der Waals surface area contributed by atoms with Gasteiger partial charge >= 0.3 is 0 Å². The summed E-state index contributed by atoms with van der Waals surface area (Å²) in [7, 11) is 0. The van der Waals surface area contributed by atoms with Crippen LogP contribution < -0.4 is 5.32 Å². The predicted molar refractivity (Wildman–Crippen MR) is 72.5 cm³/mol. The van der Waals surface area contributed by atoms with Gasteiger partial charge in [-0.2, -0.15) is 0 Å². The van der Waals surface area contributed by atoms with Gasteiger partial charge in [-0.05, 0) is 43.4 Å². The fraction of sp³-hybridized carbons (Fsp3) is 0.571. The number of hydrogen-bond acceptors (Lipinski definition) is 2. The van der Waals surface area contributed by atoms with E-state index in [2.05, 4.69) is 12.2 Å². The molecule has 0 bridgehead atoms. The number of nitrogens with one attached hydrogen (secondary N) is 1. The highest BCUT2D eigenvalue weighted by atomic mass is 35.5. The Labute approximate surface area is 108 Å². The van der Waals surface area contributed by atoms with E-state index in [1.54, 1.807) is 0 Å². The molecule has 0 radical (unpaired) electrons. The van der Waals surface area contributed by atoms with Crippen molar-refractivity contribution in [1.29, 1.82) is 0 Å². The van der Waals surface area contributed by atoms with Crippen molar-refractivity contribution in [1.82, 2.24) is 0 Å². The molecule has 1 aliphatic rings. The van der Waals surface area contributed by atoms with Crippen LogP contribution >= 0.6 is 11.6 Å². The minimum Gasteiger partial charge on any atom is -0.394 e. The summed E-state index contributed by atoms with van der Waals surface area (Å²) in [5.41, 5.74) is 0.856. The number of anilines is 1. The highest BCUT2D eigenvalue weighted by Crippen LogP contribution is 2.38. The van der Waals surface area contributed by atoms with E-state index >= 15 is 0 Å². The fourth-order valence-corrected chi connectivity index (χ4v) is 2.94. The number of benzene rings is 1. The van der Waals surface area contributed by atoms with E-state index in [0.717, 1.165) is 29.5 Å². The molecule has 0 spiro atoms. The number of hydrogen-bond donors (Lipinski definition) is 2. The van der Waals surface area contributed by atoms with Crippen molar-refractivity contribution in [2.75, 3.05) is 11.9 Å². The first-order valence-electron chi connectivity index (χ1n) is 6.32. The summed E-state index contributed by atoms with van der Waals surface area (Å²) >= 11 is 5.97. The maximum Gasteiger partial charge on any atom is 0.0661 e. The van der Waals surface area contributed by atoms with Crippen LogP contribution in [0.5, 0.6) is 0 Å². The van der Waals surface area contributed by atoms with Crippen LogP contribution in [0.1, 0.15) is 32.6 Å². The average molecular weight is 254 g/mol. The van der Waals surface area contributed by atoms with E-state index in [1.165, 1.54) is 12.8 Å². The van der Waals surface area contributed by atoms with Crippen LogP contribution in [0.3, 0.4) is 0 Å². The summed E-state index contributed by atoms with van der Waals surface area (Å²) in [5.74, 6) is 0.730. The molecular formula is C14H20ClNO. The number of aliphatic hydroxyl groups is 1. The summed E-state index contributed by atoms with van der Waals surface area (Å²) in [6, 6.07) is 7.71. The van der Waals surface area contributed by atoms with E-state index in [9.17, 15) is 5.11 Å². The van der Waals surface area contributed by atoms with Crippen LogP contribution in [0.2, 0.25) is 5.02 Å². The quantitative estimate of drug-likeness (QED) is 0.858. The third kappa shape index (κ3) is 2.93. The van der Waals surface area contributed by atoms with Crippen LogP contribution in [-0.4, -0.2) is 17.3 Å². The molecule has 2 N–H and O–H groups in total. The van der Waals surface area contributed by atoms with Gasteiger partial charge in [-0.1, -0.05) is 31.0 Å². The lowest BCUT2D eigenvalue weighted by molar-refractivity contribution is 0.210. The Balaban J connectivity index is 2.10. The van der Waals surface area contributed by atoms with Crippen LogP contribution in [0.15, 0.2) is 24.3 Å². The molecular weight excluding hydrogens is 234 g/mol. The predicted octanol–water partition coefficient (Wildman–Crippen LogP) is 3.69. The second-order valence-corrected chi connectivity index (χ2v) is 5.53. The molecule has 0 heterocycles. The average Bonchev–Trinajstić information content (AvgIpc) is 2.73. The van der Waals surface area contributed by atoms with Gasteiger partial charge in [0.25, 0.3) is 0 Å². The molecule has 1 aliphatic carbocycles. The Morgan fingerprint density at radius 1 is 1.53 bits per heavy atom. The van der Waals surface area contributed by atoms with E-state index in [1.807, 2.05) is 24.3 Å². The summed E-state index contributed by atoms with van der Waals surface area (Å²) in [6.07, 6.45) is 4.48. The van der Waals surface area contributed by atoms with Gasteiger partial charge in [0.05, 0.1) is 12.1 Å². The topological polar surface area (TPSA) is 32.3 Å². The normalized spacial score (nSPS) is 28.3. The van der Waals surface area contributed by atoms with Gasteiger partial charge in [-0.25, -0.2) is 0 Å². The molecule has 0 amide bonds. The Morgan fingerprint density at radius 3 is 2.94 bits per heavy atom. The number of aliphatic hydroxyl groups excluding tert-OH is 1. The molecule has 0 saturated heterocycles. The van der Waals surface area contributed by atoms with Crippen LogP contribution in [-0.2, 0) is 0 Å². The lowest BCUT2D eigenvalue weighted by Crippen LogP contribution is -2.39. The molecule has 0 aliphatic heterocycles. The molecule has 17 heavy (non-hydrogen) atoms. The minimum atomic E-state index is -0.147. The lowest BCUT2D eigenvalue weighted by Gasteiger charge is -2.30. The van der Waals surface area contributed by atoms with Gasteiger partial charge in [0.15, 0.2) is 0 Å². The van der Waals surface area contributed by atoms with Crippen molar-refractivity contribution in [3.8, 4) is 0 Å². The monoisotopic (exact) mass is 253 g/mol. The standard InChI is InChI=1S/C14H20ClNO/c1-2-11-6-7-14(9-11,10-17)16-13-5-3-4-12(15)8-13/h3-5,8,11,16-17H,2,6-7,9-10H2,1H3. The first kappa shape index (κ1) is 12.7. The largest absolute Gasteiger partial charge is 0.394 e. The van der Waals surface area contributed by atoms with E-state index in [4.69, 9.17) is 11.6 Å². The third-order valence-corrected chi connectivity index (χ3v) is 4.06. The Morgan fingerprint density at radius 2 is 2.35 bits per heavy atom. The zero-order valence-electron chi connectivity index (χ0n) is 10.2. The first-order valence-corrected chi connectivity index (χ1v) is 6.70. The molecule has 1 fully saturated rings. The molecule has 2 unspecified atom stereocenters. The third-order valence-electron chi connectivity index (χ3n) is 3.82. The van der Waals surface area contributed by atoms with Crippen molar-refractivity contribution in [2.45, 2.75) is 38.1 Å². The van der Waals surface area contributed by atoms with Gasteiger partial charge in [-0.3, -0.25) is 0 Å². The first-order chi connectivity index (χ1) is 8.17. The van der Waals surface area contributed by atoms with Crippen molar-refractivity contribution in [3.05, 3.63) is 29.3 Å². The van der Waals surface area contributed by atoms with Crippen LogP contribution in [0, 0.1) is 5.92 Å². The molecule has 1 saturated carbocycles. The van der Waals surface area contributed by atoms with Crippen molar-refractivity contribution >= 4 is 17.3 Å². The highest BCUT2D eigenvalue weighted by Gasteiger charge is 2.37. The summed E-state index contributed by atoms with van der Waals surface area (Å²) < 4.78 is 0. The molecule has 2 rings (SSSR count). The van der Waals surface area contributed by atoms with Crippen molar-refractivity contribution in [2.24, 2.45) is 5.92 Å². The molecule has 2 atom stereocenters. The minimum absolute atomic E-state index is 0.147. The number of halogens is 1. The maximum absolute atomic E-state index is 9.66. The van der Waals surface area contributed by atoms with Gasteiger partial charge in [0, 0.05) is 10.7 Å². The van der Waals surface area contributed by atoms with Crippen LogP contribution in [0.4, 0.5) is 5.69 Å². The van der Waals surface area contributed by atoms with Gasteiger partial charge in [0.1, 0.15) is 0 Å². The van der Waals surface area contributed by atoms with E-state index in [0.29, 0.717) is 0 Å². The fourth-order valence-electron chi connectivity index (χ4n) is 2.75. The second kappa shape index (κ2) is 5.28. The lowest BCUT2D eigenvalue weighted by atomic mass is 9.95. The van der Waals surface area contributed by atoms with Gasteiger partial charge in [0.2, 0.25) is 0 Å². The molecule has 94 valence electrons. The molecule has 1 aromatic carbocycles. The van der Waals surface area contributed by atoms with E-state index in [-0.39, 0.29) is 12.1 Å². The van der Waals surface area contributed by atoms with Gasteiger partial charge < -0.3 is 10.4 Å². The summed E-state index contributed by atoms with van der Waals surface area (Å²) in [6.45, 7) is 2.41. The Kier molecular flexibility index (Phi) is 3.95. The summed E-state index contributed by atoms with van der Waals surface area (Å²) in [4.78, 5) is 0. The maximum atomic E-state index is 9.66. The number of rotatable bonds is 4. The molecule has 0 aromatic heterocycles. The Bertz CT molecular complexity index is 382. The summed E-state index contributed by atoms with van der Waals surface area (Å²) in [5, 5.41) is 13.9. The van der Waals surface area contributed by atoms with Crippen LogP contribution in [0.25, 0.3) is 0 Å². The Hall–Kier alpha value is -0.730. The highest BCUT2D eigenvalue weighted by molar-refractivity contribution is 6.30. The SMILES string of the molecule is CCC1CCC(CO)(Nc2cccc(Cl)c2)C1.